The molecule has 1 unspecified atom stereocenters. The lowest BCUT2D eigenvalue weighted by molar-refractivity contribution is -0.150. The second-order valence-corrected chi connectivity index (χ2v) is 6.71. The normalized spacial score (nSPS) is 21.1. The molecule has 0 aliphatic carbocycles. The number of thiazole rings is 1. The summed E-state index contributed by atoms with van der Waals surface area (Å²) in [5.74, 6) is 0.0380. The molecular weight excluding hydrogens is 312 g/mol. The zero-order chi connectivity index (χ0) is 16.1. The average molecular weight is 332 g/mol. The molecule has 5 nitrogen and oxygen atoms in total. The van der Waals surface area contributed by atoms with E-state index in [1.807, 2.05) is 35.7 Å². The van der Waals surface area contributed by atoms with Gasteiger partial charge >= 0.3 is 5.97 Å². The van der Waals surface area contributed by atoms with E-state index >= 15 is 0 Å². The molecule has 1 aliphatic heterocycles. The van der Waals surface area contributed by atoms with Gasteiger partial charge < -0.3 is 14.7 Å². The largest absolute Gasteiger partial charge is 0.494 e. The van der Waals surface area contributed by atoms with Crippen molar-refractivity contribution in [1.82, 2.24) is 4.98 Å². The summed E-state index contributed by atoms with van der Waals surface area (Å²) in [7, 11) is 0. The van der Waals surface area contributed by atoms with Crippen LogP contribution in [0.2, 0.25) is 0 Å². The fourth-order valence-electron chi connectivity index (χ4n) is 3.03. The van der Waals surface area contributed by atoms with Gasteiger partial charge in [-0.3, -0.25) is 4.79 Å². The lowest BCUT2D eigenvalue weighted by Gasteiger charge is -2.39. The standard InChI is InChI=1S/C17H20N2O3S/c20-15(21)17(8-11-22-14-5-2-1-3-6-14)7-4-10-19(13-17)16-18-9-12-23-16/h1-3,5-6,9,12H,4,7-8,10-11,13H2,(H,20,21). The molecule has 0 amide bonds. The van der Waals surface area contributed by atoms with Crippen LogP contribution in [-0.2, 0) is 4.79 Å². The molecule has 2 heterocycles. The molecule has 1 aromatic heterocycles. The van der Waals surface area contributed by atoms with E-state index in [-0.39, 0.29) is 0 Å². The second-order valence-electron chi connectivity index (χ2n) is 5.84. The molecule has 0 saturated carbocycles. The number of carboxylic acid groups (broad SMARTS) is 1. The van der Waals surface area contributed by atoms with Gasteiger partial charge in [-0.2, -0.15) is 0 Å². The van der Waals surface area contributed by atoms with Gasteiger partial charge in [0.05, 0.1) is 12.0 Å². The van der Waals surface area contributed by atoms with E-state index < -0.39 is 11.4 Å². The Morgan fingerprint density at radius 3 is 2.91 bits per heavy atom. The third-order valence-electron chi connectivity index (χ3n) is 4.31. The Hall–Kier alpha value is -2.08. The van der Waals surface area contributed by atoms with Crippen molar-refractivity contribution in [2.24, 2.45) is 5.41 Å². The van der Waals surface area contributed by atoms with Crippen molar-refractivity contribution >= 4 is 22.4 Å². The third kappa shape index (κ3) is 3.64. The molecule has 23 heavy (non-hydrogen) atoms. The molecule has 1 N–H and O–H groups in total. The van der Waals surface area contributed by atoms with E-state index in [2.05, 4.69) is 9.88 Å². The van der Waals surface area contributed by atoms with Crippen molar-refractivity contribution in [1.29, 1.82) is 0 Å². The summed E-state index contributed by atoms with van der Waals surface area (Å²) in [4.78, 5) is 18.3. The highest BCUT2D eigenvalue weighted by Gasteiger charge is 2.42. The Labute approximate surface area is 139 Å². The number of benzene rings is 1. The van der Waals surface area contributed by atoms with E-state index in [1.54, 1.807) is 17.5 Å². The number of piperidine rings is 1. The smallest absolute Gasteiger partial charge is 0.311 e. The maximum atomic E-state index is 11.9. The quantitative estimate of drug-likeness (QED) is 0.879. The summed E-state index contributed by atoms with van der Waals surface area (Å²) < 4.78 is 5.72. The van der Waals surface area contributed by atoms with Crippen molar-refractivity contribution in [2.75, 3.05) is 24.6 Å². The molecular formula is C17H20N2O3S. The van der Waals surface area contributed by atoms with Crippen LogP contribution >= 0.6 is 11.3 Å². The van der Waals surface area contributed by atoms with E-state index in [0.29, 0.717) is 26.0 Å². The molecule has 1 aliphatic rings. The number of aliphatic carboxylic acids is 1. The number of aromatic nitrogens is 1. The molecule has 1 atom stereocenters. The van der Waals surface area contributed by atoms with Gasteiger partial charge in [0, 0.05) is 24.7 Å². The van der Waals surface area contributed by atoms with Crippen molar-refractivity contribution in [3.05, 3.63) is 41.9 Å². The van der Waals surface area contributed by atoms with Crippen molar-refractivity contribution in [2.45, 2.75) is 19.3 Å². The molecule has 6 heteroatoms. The summed E-state index contributed by atoms with van der Waals surface area (Å²) in [6.07, 6.45) is 3.80. The number of carbonyl (C=O) groups is 1. The maximum Gasteiger partial charge on any atom is 0.311 e. The fourth-order valence-corrected chi connectivity index (χ4v) is 3.70. The predicted octanol–water partition coefficient (Wildman–Crippen LogP) is 3.28. The first kappa shape index (κ1) is 15.8. The minimum Gasteiger partial charge on any atom is -0.494 e. The summed E-state index contributed by atoms with van der Waals surface area (Å²) in [5, 5.41) is 12.6. The van der Waals surface area contributed by atoms with Crippen molar-refractivity contribution in [3.63, 3.8) is 0 Å². The molecule has 0 radical (unpaired) electrons. The Kier molecular flexibility index (Phi) is 4.81. The summed E-state index contributed by atoms with van der Waals surface area (Å²) in [6.45, 7) is 1.76. The zero-order valence-corrected chi connectivity index (χ0v) is 13.7. The summed E-state index contributed by atoms with van der Waals surface area (Å²) in [6, 6.07) is 9.52. The zero-order valence-electron chi connectivity index (χ0n) is 12.9. The number of hydrogen-bond donors (Lipinski definition) is 1. The first-order chi connectivity index (χ1) is 11.2. The molecule has 3 rings (SSSR count). The monoisotopic (exact) mass is 332 g/mol. The predicted molar refractivity (Wildman–Crippen MR) is 90.2 cm³/mol. The van der Waals surface area contributed by atoms with Gasteiger partial charge in [0.2, 0.25) is 0 Å². The van der Waals surface area contributed by atoms with Crippen LogP contribution in [0.3, 0.4) is 0 Å². The molecule has 0 bridgehead atoms. The number of ether oxygens (including phenoxy) is 1. The Bertz CT molecular complexity index is 633. The maximum absolute atomic E-state index is 11.9. The van der Waals surface area contributed by atoms with Crippen molar-refractivity contribution < 1.29 is 14.6 Å². The summed E-state index contributed by atoms with van der Waals surface area (Å²) >= 11 is 1.55. The molecule has 2 aromatic rings. The number of hydrogen-bond acceptors (Lipinski definition) is 5. The van der Waals surface area contributed by atoms with E-state index in [9.17, 15) is 9.90 Å². The summed E-state index contributed by atoms with van der Waals surface area (Å²) in [5.41, 5.74) is -0.765. The first-order valence-corrected chi connectivity index (χ1v) is 8.63. The number of rotatable bonds is 6. The van der Waals surface area contributed by atoms with Gasteiger partial charge in [-0.15, -0.1) is 11.3 Å². The molecule has 1 aromatic carbocycles. The van der Waals surface area contributed by atoms with E-state index in [1.165, 1.54) is 0 Å². The lowest BCUT2D eigenvalue weighted by atomic mass is 9.77. The first-order valence-electron chi connectivity index (χ1n) is 7.75. The minimum absolute atomic E-state index is 0.405. The highest BCUT2D eigenvalue weighted by atomic mass is 32.1. The molecule has 122 valence electrons. The molecule has 1 saturated heterocycles. The number of para-hydroxylation sites is 1. The molecule has 0 spiro atoms. The number of anilines is 1. The van der Waals surface area contributed by atoms with Gasteiger partial charge in [0.15, 0.2) is 5.13 Å². The van der Waals surface area contributed by atoms with Gasteiger partial charge in [-0.1, -0.05) is 18.2 Å². The highest BCUT2D eigenvalue weighted by molar-refractivity contribution is 7.13. The van der Waals surface area contributed by atoms with Crippen LogP contribution < -0.4 is 9.64 Å². The van der Waals surface area contributed by atoms with Gasteiger partial charge in [-0.25, -0.2) is 4.98 Å². The second kappa shape index (κ2) is 7.00. The van der Waals surface area contributed by atoms with E-state index in [0.717, 1.165) is 23.8 Å². The number of nitrogens with zero attached hydrogens (tertiary/aromatic N) is 2. The van der Waals surface area contributed by atoms with E-state index in [4.69, 9.17) is 4.74 Å². The van der Waals surface area contributed by atoms with Crippen LogP contribution in [0.25, 0.3) is 0 Å². The van der Waals surface area contributed by atoms with Gasteiger partial charge in [0.25, 0.3) is 0 Å². The van der Waals surface area contributed by atoms with Crippen LogP contribution in [0.1, 0.15) is 19.3 Å². The van der Waals surface area contributed by atoms with Crippen molar-refractivity contribution in [3.8, 4) is 5.75 Å². The minimum atomic E-state index is -0.765. The van der Waals surface area contributed by atoms with Crippen LogP contribution in [0.4, 0.5) is 5.13 Å². The highest BCUT2D eigenvalue weighted by Crippen LogP contribution is 2.36. The van der Waals surface area contributed by atoms with Gasteiger partial charge in [0.1, 0.15) is 5.75 Å². The fraction of sp³-hybridized carbons (Fsp3) is 0.412. The lowest BCUT2D eigenvalue weighted by Crippen LogP contribution is -2.48. The Morgan fingerprint density at radius 1 is 1.39 bits per heavy atom. The Balaban J connectivity index is 1.66. The molecule has 1 fully saturated rings. The van der Waals surface area contributed by atoms with Crippen LogP contribution in [0, 0.1) is 5.41 Å². The van der Waals surface area contributed by atoms with Crippen LogP contribution in [0.15, 0.2) is 41.9 Å². The Morgan fingerprint density at radius 2 is 2.22 bits per heavy atom. The van der Waals surface area contributed by atoms with Crippen LogP contribution in [-0.4, -0.2) is 35.8 Å². The third-order valence-corrected chi connectivity index (χ3v) is 5.15. The topological polar surface area (TPSA) is 62.7 Å². The van der Waals surface area contributed by atoms with Crippen LogP contribution in [0.5, 0.6) is 5.75 Å². The SMILES string of the molecule is O=C(O)C1(CCOc2ccccc2)CCCN(c2nccs2)C1. The number of carboxylic acids is 1. The van der Waals surface area contributed by atoms with Gasteiger partial charge in [-0.05, 0) is 31.4 Å². The average Bonchev–Trinajstić information content (AvgIpc) is 3.10.